The summed E-state index contributed by atoms with van der Waals surface area (Å²) in [5, 5.41) is 4.66. The lowest BCUT2D eigenvalue weighted by molar-refractivity contribution is 0.0530. The summed E-state index contributed by atoms with van der Waals surface area (Å²) >= 11 is 0. The highest BCUT2D eigenvalue weighted by atomic mass is 16.3. The minimum absolute atomic E-state index is 0.129. The van der Waals surface area contributed by atoms with Crippen LogP contribution in [-0.4, -0.2) is 37.1 Å². The number of nitrogens with zero attached hydrogens (tertiary/aromatic N) is 5. The smallest absolute Gasteiger partial charge is 0.276 e. The zero-order valence-corrected chi connectivity index (χ0v) is 15.1. The van der Waals surface area contributed by atoms with Crippen molar-refractivity contribution >= 4 is 5.91 Å². The average molecular weight is 351 g/mol. The van der Waals surface area contributed by atoms with Gasteiger partial charge in [0.15, 0.2) is 23.2 Å². The van der Waals surface area contributed by atoms with Crippen molar-refractivity contribution in [3.63, 3.8) is 0 Å². The van der Waals surface area contributed by atoms with E-state index in [9.17, 15) is 4.79 Å². The summed E-state index contributed by atoms with van der Waals surface area (Å²) in [6.45, 7) is 7.09. The lowest BCUT2D eigenvalue weighted by Gasteiger charge is -2.36. The standard InChI is InChI=1S/C19H21N5O2/c1-12(2)16-18-21-17(14-7-5-4-6-8-14)22-24(18)10-9-23(16)19(25)15-11-26-13(3)20-15/h4-8,11-12,16H,9-10H2,1-3H3/t16-/m0/s1. The summed E-state index contributed by atoms with van der Waals surface area (Å²) < 4.78 is 7.13. The second-order valence-electron chi connectivity index (χ2n) is 6.82. The van der Waals surface area contributed by atoms with Crippen LogP contribution < -0.4 is 0 Å². The maximum Gasteiger partial charge on any atom is 0.276 e. The van der Waals surface area contributed by atoms with Gasteiger partial charge in [0.2, 0.25) is 0 Å². The second-order valence-corrected chi connectivity index (χ2v) is 6.82. The van der Waals surface area contributed by atoms with Gasteiger partial charge in [-0.05, 0) is 5.92 Å². The highest BCUT2D eigenvalue weighted by Gasteiger charge is 2.37. The zero-order valence-electron chi connectivity index (χ0n) is 15.1. The number of amides is 1. The molecule has 2 aromatic heterocycles. The van der Waals surface area contributed by atoms with Crippen LogP contribution in [0.2, 0.25) is 0 Å². The van der Waals surface area contributed by atoms with Crippen LogP contribution in [-0.2, 0) is 6.54 Å². The van der Waals surface area contributed by atoms with Gasteiger partial charge in [0, 0.05) is 19.0 Å². The Morgan fingerprint density at radius 3 is 2.62 bits per heavy atom. The lowest BCUT2D eigenvalue weighted by Crippen LogP contribution is -2.44. The number of carbonyl (C=O) groups excluding carboxylic acids is 1. The van der Waals surface area contributed by atoms with Gasteiger partial charge in [-0.2, -0.15) is 5.10 Å². The molecule has 1 aliphatic heterocycles. The van der Waals surface area contributed by atoms with Gasteiger partial charge < -0.3 is 9.32 Å². The van der Waals surface area contributed by atoms with Crippen LogP contribution in [0.5, 0.6) is 0 Å². The number of fused-ring (bicyclic) bond motifs is 1. The maximum atomic E-state index is 13.0. The van der Waals surface area contributed by atoms with Gasteiger partial charge in [-0.1, -0.05) is 44.2 Å². The Hall–Kier alpha value is -2.96. The van der Waals surface area contributed by atoms with Crippen molar-refractivity contribution in [3.8, 4) is 11.4 Å². The van der Waals surface area contributed by atoms with Gasteiger partial charge in [0.05, 0.1) is 12.6 Å². The number of benzene rings is 1. The Morgan fingerprint density at radius 1 is 1.19 bits per heavy atom. The van der Waals surface area contributed by atoms with Crippen molar-refractivity contribution in [2.75, 3.05) is 6.54 Å². The molecule has 1 amide bonds. The minimum Gasteiger partial charge on any atom is -0.448 e. The van der Waals surface area contributed by atoms with Gasteiger partial charge in [-0.15, -0.1) is 0 Å². The van der Waals surface area contributed by atoms with Crippen LogP contribution in [0.4, 0.5) is 0 Å². The Kier molecular flexibility index (Phi) is 4.06. The number of carbonyl (C=O) groups is 1. The van der Waals surface area contributed by atoms with E-state index in [1.807, 2.05) is 39.9 Å². The second kappa shape index (κ2) is 6.40. The Balaban J connectivity index is 1.71. The van der Waals surface area contributed by atoms with Crippen LogP contribution >= 0.6 is 0 Å². The Labute approximate surface area is 151 Å². The van der Waals surface area contributed by atoms with E-state index in [0.29, 0.717) is 30.5 Å². The van der Waals surface area contributed by atoms with Crippen LogP contribution in [0.3, 0.4) is 0 Å². The van der Waals surface area contributed by atoms with Crippen molar-refractivity contribution in [3.05, 3.63) is 54.0 Å². The highest BCUT2D eigenvalue weighted by Crippen LogP contribution is 2.33. The number of hydrogen-bond acceptors (Lipinski definition) is 5. The molecule has 1 aliphatic rings. The molecule has 0 radical (unpaired) electrons. The van der Waals surface area contributed by atoms with E-state index in [-0.39, 0.29) is 17.9 Å². The predicted octanol–water partition coefficient (Wildman–Crippen LogP) is 3.09. The molecule has 0 saturated carbocycles. The van der Waals surface area contributed by atoms with Gasteiger partial charge in [0.1, 0.15) is 6.26 Å². The molecule has 0 unspecified atom stereocenters. The van der Waals surface area contributed by atoms with Crippen molar-refractivity contribution in [2.24, 2.45) is 5.92 Å². The first-order valence-electron chi connectivity index (χ1n) is 8.78. The van der Waals surface area contributed by atoms with Crippen LogP contribution in [0.15, 0.2) is 41.0 Å². The minimum atomic E-state index is -0.154. The fourth-order valence-electron chi connectivity index (χ4n) is 3.42. The molecule has 0 saturated heterocycles. The largest absolute Gasteiger partial charge is 0.448 e. The number of rotatable bonds is 3. The number of aryl methyl sites for hydroxylation is 1. The molecule has 1 atom stereocenters. The molecule has 7 nitrogen and oxygen atoms in total. The number of hydrogen-bond donors (Lipinski definition) is 0. The van der Waals surface area contributed by atoms with E-state index >= 15 is 0 Å². The molecule has 4 rings (SSSR count). The lowest BCUT2D eigenvalue weighted by atomic mass is 9.99. The SMILES string of the molecule is Cc1nc(C(=O)N2CCn3nc(-c4ccccc4)nc3[C@@H]2C(C)C)co1. The molecule has 26 heavy (non-hydrogen) atoms. The van der Waals surface area contributed by atoms with Crippen molar-refractivity contribution in [1.82, 2.24) is 24.6 Å². The van der Waals surface area contributed by atoms with E-state index in [4.69, 9.17) is 9.40 Å². The van der Waals surface area contributed by atoms with Crippen molar-refractivity contribution in [1.29, 1.82) is 0 Å². The molecule has 3 heterocycles. The molecule has 0 bridgehead atoms. The fraction of sp³-hybridized carbons (Fsp3) is 0.368. The molecule has 3 aromatic rings. The summed E-state index contributed by atoms with van der Waals surface area (Å²) in [4.78, 5) is 23.8. The van der Waals surface area contributed by atoms with E-state index < -0.39 is 0 Å². The topological polar surface area (TPSA) is 77.1 Å². The number of aromatic nitrogens is 4. The Morgan fingerprint density at radius 2 is 1.96 bits per heavy atom. The molecule has 0 aliphatic carbocycles. The van der Waals surface area contributed by atoms with Gasteiger partial charge in [-0.25, -0.2) is 14.6 Å². The van der Waals surface area contributed by atoms with E-state index in [2.05, 4.69) is 23.9 Å². The third-order valence-electron chi connectivity index (χ3n) is 4.62. The van der Waals surface area contributed by atoms with E-state index in [1.54, 1.807) is 6.92 Å². The number of oxazole rings is 1. The molecule has 134 valence electrons. The van der Waals surface area contributed by atoms with Gasteiger partial charge in [-0.3, -0.25) is 4.79 Å². The summed E-state index contributed by atoms with van der Waals surface area (Å²) in [5.41, 5.74) is 1.31. The monoisotopic (exact) mass is 351 g/mol. The van der Waals surface area contributed by atoms with E-state index in [0.717, 1.165) is 11.4 Å². The third kappa shape index (κ3) is 2.79. The van der Waals surface area contributed by atoms with Crippen LogP contribution in [0.25, 0.3) is 11.4 Å². The summed E-state index contributed by atoms with van der Waals surface area (Å²) in [7, 11) is 0. The molecule has 1 aromatic carbocycles. The molecular weight excluding hydrogens is 330 g/mol. The Bertz CT molecular complexity index is 929. The quantitative estimate of drug-likeness (QED) is 0.725. The van der Waals surface area contributed by atoms with E-state index in [1.165, 1.54) is 6.26 Å². The summed E-state index contributed by atoms with van der Waals surface area (Å²) in [6, 6.07) is 9.74. The maximum absolute atomic E-state index is 13.0. The first kappa shape index (κ1) is 16.5. The molecule has 0 N–H and O–H groups in total. The molecule has 0 spiro atoms. The first-order chi connectivity index (χ1) is 12.5. The fourth-order valence-corrected chi connectivity index (χ4v) is 3.42. The summed E-state index contributed by atoms with van der Waals surface area (Å²) in [6.07, 6.45) is 1.42. The van der Waals surface area contributed by atoms with Gasteiger partial charge in [0.25, 0.3) is 5.91 Å². The molecule has 0 fully saturated rings. The highest BCUT2D eigenvalue weighted by molar-refractivity contribution is 5.92. The van der Waals surface area contributed by atoms with Gasteiger partial charge >= 0.3 is 0 Å². The van der Waals surface area contributed by atoms with Crippen LogP contribution in [0.1, 0.15) is 42.1 Å². The normalized spacial score (nSPS) is 16.8. The average Bonchev–Trinajstić information content (AvgIpc) is 3.27. The molecular formula is C19H21N5O2. The first-order valence-corrected chi connectivity index (χ1v) is 8.78. The zero-order chi connectivity index (χ0) is 18.3. The third-order valence-corrected chi connectivity index (χ3v) is 4.62. The van der Waals surface area contributed by atoms with Crippen molar-refractivity contribution in [2.45, 2.75) is 33.4 Å². The molecule has 7 heteroatoms. The van der Waals surface area contributed by atoms with Crippen LogP contribution in [0, 0.1) is 12.8 Å². The summed E-state index contributed by atoms with van der Waals surface area (Å²) in [5.74, 6) is 2.06. The predicted molar refractivity (Wildman–Crippen MR) is 95.3 cm³/mol. The van der Waals surface area contributed by atoms with Crippen molar-refractivity contribution < 1.29 is 9.21 Å².